The van der Waals surface area contributed by atoms with Crippen molar-refractivity contribution in [1.82, 2.24) is 0 Å². The molecular weight excluding hydrogens is 259 g/mol. The van der Waals surface area contributed by atoms with E-state index in [1.54, 1.807) is 0 Å². The first-order valence-corrected chi connectivity index (χ1v) is 9.73. The molecule has 1 aliphatic heterocycles. The first-order valence-electron chi connectivity index (χ1n) is 7.26. The van der Waals surface area contributed by atoms with Crippen LogP contribution in [0.15, 0.2) is 0 Å². The molecule has 0 spiro atoms. The molecule has 5 heteroatoms. The van der Waals surface area contributed by atoms with Crippen LogP contribution in [0.4, 0.5) is 0 Å². The van der Waals surface area contributed by atoms with Crippen molar-refractivity contribution in [3.63, 3.8) is 0 Å². The zero-order valence-corrected chi connectivity index (χ0v) is 14.6. The largest absolute Gasteiger partial charge is 0.462 e. The molecule has 3 nitrogen and oxygen atoms in total. The molecule has 2 atom stereocenters. The second kappa shape index (κ2) is 5.59. The van der Waals surface area contributed by atoms with Crippen LogP contribution in [0.2, 0.25) is 5.82 Å². The van der Waals surface area contributed by atoms with Crippen LogP contribution in [0.5, 0.6) is 0 Å². The third kappa shape index (κ3) is 3.49. The van der Waals surface area contributed by atoms with Crippen molar-refractivity contribution in [3.8, 4) is 0 Å². The van der Waals surface area contributed by atoms with Gasteiger partial charge in [0.25, 0.3) is 0 Å². The van der Waals surface area contributed by atoms with Crippen LogP contribution in [0.1, 0.15) is 54.4 Å². The van der Waals surface area contributed by atoms with Crippen LogP contribution in [0, 0.1) is 0 Å². The Kier molecular flexibility index (Phi) is 5.10. The van der Waals surface area contributed by atoms with Crippen LogP contribution in [-0.2, 0) is 9.31 Å². The SMILES string of the molecule is CCC(B1OC(C)(C)C(C)(C)O1)C(CC)S(C)(C)O. The molecular formula is C14H31BO3S. The van der Waals surface area contributed by atoms with Crippen molar-refractivity contribution in [1.29, 1.82) is 0 Å². The number of hydrogen-bond acceptors (Lipinski definition) is 3. The van der Waals surface area contributed by atoms with Crippen molar-refractivity contribution in [2.45, 2.75) is 76.7 Å². The van der Waals surface area contributed by atoms with E-state index in [1.807, 2.05) is 12.5 Å². The molecule has 1 heterocycles. The van der Waals surface area contributed by atoms with Crippen LogP contribution < -0.4 is 0 Å². The van der Waals surface area contributed by atoms with Gasteiger partial charge in [-0.15, -0.1) is 10.3 Å². The van der Waals surface area contributed by atoms with E-state index in [-0.39, 0.29) is 29.4 Å². The van der Waals surface area contributed by atoms with Gasteiger partial charge in [0.05, 0.1) is 11.2 Å². The van der Waals surface area contributed by atoms with Gasteiger partial charge in [-0.2, -0.15) is 0 Å². The summed E-state index contributed by atoms with van der Waals surface area (Å²) in [6.07, 6.45) is 5.86. The average Bonchev–Trinajstić information content (AvgIpc) is 2.42. The molecule has 0 bridgehead atoms. The minimum atomic E-state index is -1.60. The second-order valence-electron chi connectivity index (χ2n) is 6.99. The minimum Gasteiger partial charge on any atom is -0.403 e. The number of hydrogen-bond donors (Lipinski definition) is 1. The van der Waals surface area contributed by atoms with E-state index in [0.29, 0.717) is 0 Å². The lowest BCUT2D eigenvalue weighted by Gasteiger charge is -2.39. The van der Waals surface area contributed by atoms with E-state index in [2.05, 4.69) is 41.5 Å². The van der Waals surface area contributed by atoms with E-state index in [0.717, 1.165) is 12.8 Å². The monoisotopic (exact) mass is 290 g/mol. The van der Waals surface area contributed by atoms with Gasteiger partial charge in [0.1, 0.15) is 0 Å². The van der Waals surface area contributed by atoms with Crippen molar-refractivity contribution in [3.05, 3.63) is 0 Å². The summed E-state index contributed by atoms with van der Waals surface area (Å²) in [7, 11) is -1.81. The van der Waals surface area contributed by atoms with Crippen molar-refractivity contribution < 1.29 is 13.9 Å². The highest BCUT2D eigenvalue weighted by Crippen LogP contribution is 2.52. The third-order valence-corrected chi connectivity index (χ3v) is 6.88. The van der Waals surface area contributed by atoms with Gasteiger partial charge < -0.3 is 13.9 Å². The van der Waals surface area contributed by atoms with Gasteiger partial charge in [-0.05, 0) is 46.6 Å². The second-order valence-corrected chi connectivity index (χ2v) is 10.3. The van der Waals surface area contributed by atoms with Crippen LogP contribution >= 0.6 is 10.3 Å². The van der Waals surface area contributed by atoms with Gasteiger partial charge in [0, 0.05) is 11.1 Å². The maximum absolute atomic E-state index is 10.5. The Hall–Kier alpha value is 0.295. The highest BCUT2D eigenvalue weighted by molar-refractivity contribution is 8.28. The molecule has 0 aromatic carbocycles. The Morgan fingerprint density at radius 3 is 1.68 bits per heavy atom. The molecule has 0 aromatic rings. The summed E-state index contributed by atoms with van der Waals surface area (Å²) in [6.45, 7) is 12.6. The molecule has 2 unspecified atom stereocenters. The fraction of sp³-hybridized carbons (Fsp3) is 1.00. The zero-order chi connectivity index (χ0) is 15.1. The molecule has 1 N–H and O–H groups in total. The summed E-state index contributed by atoms with van der Waals surface area (Å²) >= 11 is 0. The third-order valence-electron chi connectivity index (χ3n) is 4.71. The Labute approximate surface area is 121 Å². The van der Waals surface area contributed by atoms with Crippen molar-refractivity contribution in [2.75, 3.05) is 12.5 Å². The molecule has 1 saturated heterocycles. The van der Waals surface area contributed by atoms with Crippen molar-refractivity contribution in [2.24, 2.45) is 0 Å². The quantitative estimate of drug-likeness (QED) is 0.772. The first kappa shape index (κ1) is 17.3. The van der Waals surface area contributed by atoms with E-state index >= 15 is 0 Å². The molecule has 1 fully saturated rings. The summed E-state index contributed by atoms with van der Waals surface area (Å²) in [6, 6.07) is 0. The van der Waals surface area contributed by atoms with Gasteiger partial charge in [0.2, 0.25) is 0 Å². The van der Waals surface area contributed by atoms with Crippen molar-refractivity contribution >= 4 is 17.4 Å². The van der Waals surface area contributed by atoms with E-state index in [9.17, 15) is 4.55 Å². The fourth-order valence-electron chi connectivity index (χ4n) is 2.83. The molecule has 1 rings (SSSR count). The molecule has 0 aliphatic carbocycles. The molecule has 0 aromatic heterocycles. The Morgan fingerprint density at radius 2 is 1.42 bits per heavy atom. The van der Waals surface area contributed by atoms with Gasteiger partial charge >= 0.3 is 7.12 Å². The normalized spacial score (nSPS) is 26.3. The van der Waals surface area contributed by atoms with Gasteiger partial charge in [-0.25, -0.2) is 0 Å². The van der Waals surface area contributed by atoms with Crippen LogP contribution in [0.25, 0.3) is 0 Å². The summed E-state index contributed by atoms with van der Waals surface area (Å²) in [5.41, 5.74) is -0.587. The standard InChI is InChI=1S/C14H31BO3S/c1-9-11(12(10-2)19(7,8)16)15-17-13(3,4)14(5,6)18-15/h11-12,16H,9-10H2,1-8H3. The maximum atomic E-state index is 10.5. The molecule has 19 heavy (non-hydrogen) atoms. The smallest absolute Gasteiger partial charge is 0.403 e. The van der Waals surface area contributed by atoms with Gasteiger partial charge in [-0.3, -0.25) is 0 Å². The average molecular weight is 290 g/mol. The van der Waals surface area contributed by atoms with E-state index in [1.165, 1.54) is 0 Å². The predicted octanol–water partition coefficient (Wildman–Crippen LogP) is 4.17. The summed E-state index contributed by atoms with van der Waals surface area (Å²) in [5.74, 6) is 0.251. The lowest BCUT2D eigenvalue weighted by Crippen LogP contribution is -2.41. The summed E-state index contributed by atoms with van der Waals surface area (Å²) in [4.78, 5) is 0. The van der Waals surface area contributed by atoms with Crippen LogP contribution in [0.3, 0.4) is 0 Å². The van der Waals surface area contributed by atoms with Gasteiger partial charge in [-0.1, -0.05) is 20.3 Å². The Bertz CT molecular complexity index is 296. The first-order chi connectivity index (χ1) is 8.46. The van der Waals surface area contributed by atoms with E-state index in [4.69, 9.17) is 9.31 Å². The molecule has 0 radical (unpaired) electrons. The predicted molar refractivity (Wildman–Crippen MR) is 86.3 cm³/mol. The zero-order valence-electron chi connectivity index (χ0n) is 13.8. The molecule has 114 valence electrons. The Morgan fingerprint density at radius 1 is 1.00 bits per heavy atom. The minimum absolute atomic E-state index is 0.209. The summed E-state index contributed by atoms with van der Waals surface area (Å²) in [5, 5.41) is 0.257. The maximum Gasteiger partial charge on any atom is 0.462 e. The Balaban J connectivity index is 2.94. The summed E-state index contributed by atoms with van der Waals surface area (Å²) < 4.78 is 22.8. The molecule has 0 saturated carbocycles. The lowest BCUT2D eigenvalue weighted by molar-refractivity contribution is 0.00578. The highest BCUT2D eigenvalue weighted by Gasteiger charge is 2.55. The number of rotatable bonds is 5. The molecule has 0 amide bonds. The molecule has 1 aliphatic rings. The topological polar surface area (TPSA) is 38.7 Å². The van der Waals surface area contributed by atoms with Gasteiger partial charge in [0.15, 0.2) is 0 Å². The fourth-order valence-corrected chi connectivity index (χ4v) is 4.82. The van der Waals surface area contributed by atoms with Crippen LogP contribution in [-0.4, -0.2) is 40.6 Å². The highest BCUT2D eigenvalue weighted by atomic mass is 32.3. The lowest BCUT2D eigenvalue weighted by atomic mass is 9.67. The van der Waals surface area contributed by atoms with E-state index < -0.39 is 10.3 Å².